The Morgan fingerprint density at radius 1 is 1.59 bits per heavy atom. The first-order chi connectivity index (χ1) is 7.85. The highest BCUT2D eigenvalue weighted by Crippen LogP contribution is 2.20. The van der Waals surface area contributed by atoms with Gasteiger partial charge in [-0.2, -0.15) is 18.3 Å². The van der Waals surface area contributed by atoms with E-state index in [0.29, 0.717) is 0 Å². The quantitative estimate of drug-likeness (QED) is 0.863. The van der Waals surface area contributed by atoms with E-state index in [1.807, 2.05) is 0 Å². The molecule has 0 aliphatic heterocycles. The van der Waals surface area contributed by atoms with Gasteiger partial charge in [-0.3, -0.25) is 4.79 Å². The number of anilines is 1. The Balaban J connectivity index is 2.94. The minimum absolute atomic E-state index is 0.0272. The average Bonchev–Trinajstić information content (AvgIpc) is 2.23. The highest BCUT2D eigenvalue weighted by Gasteiger charge is 2.27. The molecule has 0 aliphatic carbocycles. The van der Waals surface area contributed by atoms with Gasteiger partial charge in [0, 0.05) is 0 Å². The van der Waals surface area contributed by atoms with Crippen molar-refractivity contribution in [2.24, 2.45) is 0 Å². The predicted octanol–water partition coefficient (Wildman–Crippen LogP) is 1.61. The summed E-state index contributed by atoms with van der Waals surface area (Å²) in [5.74, 6) is 2.21. The van der Waals surface area contributed by atoms with Gasteiger partial charge in [-0.15, -0.1) is 6.42 Å². The molecule has 0 saturated carbocycles. The molecule has 0 aliphatic rings. The summed E-state index contributed by atoms with van der Waals surface area (Å²) < 4.78 is 36.8. The molecule has 0 radical (unpaired) electrons. The lowest BCUT2D eigenvalue weighted by atomic mass is 10.4. The number of aromatic nitrogens is 2. The van der Waals surface area contributed by atoms with E-state index in [0.717, 1.165) is 10.9 Å². The molecule has 8 heteroatoms. The summed E-state index contributed by atoms with van der Waals surface area (Å²) >= 11 is 2.90. The second-order valence-corrected chi connectivity index (χ2v) is 3.80. The lowest BCUT2D eigenvalue weighted by Crippen LogP contribution is -2.26. The topological polar surface area (TPSA) is 46.9 Å². The molecule has 4 nitrogen and oxygen atoms in total. The van der Waals surface area contributed by atoms with Gasteiger partial charge in [0.1, 0.15) is 17.6 Å². The molecule has 1 heterocycles. The van der Waals surface area contributed by atoms with Gasteiger partial charge < -0.3 is 5.32 Å². The van der Waals surface area contributed by atoms with Gasteiger partial charge in [-0.25, -0.2) is 4.68 Å². The van der Waals surface area contributed by atoms with E-state index in [2.05, 4.69) is 32.3 Å². The van der Waals surface area contributed by atoms with Crippen molar-refractivity contribution in [1.29, 1.82) is 0 Å². The van der Waals surface area contributed by atoms with Gasteiger partial charge in [0.25, 0.3) is 5.56 Å². The van der Waals surface area contributed by atoms with Crippen molar-refractivity contribution in [2.75, 3.05) is 11.9 Å². The molecule has 0 bridgehead atoms. The third kappa shape index (κ3) is 3.78. The van der Waals surface area contributed by atoms with E-state index >= 15 is 0 Å². The largest absolute Gasteiger partial charge is 0.405 e. The summed E-state index contributed by atoms with van der Waals surface area (Å²) in [5, 5.41) is 5.69. The Morgan fingerprint density at radius 2 is 2.24 bits per heavy atom. The molecule has 0 amide bonds. The maximum absolute atomic E-state index is 12.0. The summed E-state index contributed by atoms with van der Waals surface area (Å²) in [5.41, 5.74) is -0.615. The van der Waals surface area contributed by atoms with Gasteiger partial charge in [-0.1, -0.05) is 5.92 Å². The molecule has 0 spiro atoms. The number of rotatable bonds is 3. The van der Waals surface area contributed by atoms with E-state index < -0.39 is 18.3 Å². The fourth-order valence-corrected chi connectivity index (χ4v) is 1.43. The lowest BCUT2D eigenvalue weighted by molar-refractivity contribution is -0.115. The summed E-state index contributed by atoms with van der Waals surface area (Å²) in [6.45, 7) is -1.29. The minimum atomic E-state index is -4.37. The second kappa shape index (κ2) is 5.23. The zero-order valence-corrected chi connectivity index (χ0v) is 9.97. The number of hydrogen-bond donors (Lipinski definition) is 1. The van der Waals surface area contributed by atoms with Crippen molar-refractivity contribution in [2.45, 2.75) is 12.7 Å². The van der Waals surface area contributed by atoms with Crippen LogP contribution in [0.25, 0.3) is 0 Å². The van der Waals surface area contributed by atoms with Gasteiger partial charge in [0.05, 0.1) is 11.9 Å². The van der Waals surface area contributed by atoms with Crippen LogP contribution in [0.5, 0.6) is 0 Å². The van der Waals surface area contributed by atoms with Crippen LogP contribution in [0.3, 0.4) is 0 Å². The normalized spacial score (nSPS) is 11.0. The summed E-state index contributed by atoms with van der Waals surface area (Å²) in [4.78, 5) is 11.5. The van der Waals surface area contributed by atoms with Crippen molar-refractivity contribution >= 4 is 21.6 Å². The van der Waals surface area contributed by atoms with Crippen LogP contribution >= 0.6 is 15.9 Å². The molecule has 0 fully saturated rings. The monoisotopic (exact) mass is 309 g/mol. The van der Waals surface area contributed by atoms with Crippen LogP contribution in [0, 0.1) is 12.3 Å². The van der Waals surface area contributed by atoms with Crippen molar-refractivity contribution in [3.05, 3.63) is 21.0 Å². The number of hydrogen-bond acceptors (Lipinski definition) is 3. The summed E-state index contributed by atoms with van der Waals surface area (Å²) in [6, 6.07) is 0. The molecular formula is C9H7BrF3N3O. The van der Waals surface area contributed by atoms with Gasteiger partial charge in [0.15, 0.2) is 0 Å². The molecule has 1 aromatic rings. The summed E-state index contributed by atoms with van der Waals surface area (Å²) in [7, 11) is 0. The molecule has 0 aromatic carbocycles. The predicted molar refractivity (Wildman–Crippen MR) is 59.6 cm³/mol. The Labute approximate surface area is 103 Å². The third-order valence-electron chi connectivity index (χ3n) is 1.71. The van der Waals surface area contributed by atoms with Crippen LogP contribution in [-0.4, -0.2) is 22.5 Å². The molecule has 92 valence electrons. The van der Waals surface area contributed by atoms with Crippen LogP contribution < -0.4 is 10.9 Å². The molecule has 17 heavy (non-hydrogen) atoms. The summed E-state index contributed by atoms with van der Waals surface area (Å²) in [6.07, 6.45) is 1.74. The first kappa shape index (κ1) is 13.6. The number of nitrogens with one attached hydrogen (secondary N) is 1. The molecule has 1 aromatic heterocycles. The first-order valence-electron chi connectivity index (χ1n) is 4.35. The van der Waals surface area contributed by atoms with Crippen LogP contribution in [-0.2, 0) is 6.54 Å². The Kier molecular flexibility index (Phi) is 4.17. The number of nitrogens with zero attached hydrogens (tertiary/aromatic N) is 2. The standard InChI is InChI=1S/C9H7BrF3N3O/c1-2-3-16-8(17)7(10)6(4-15-16)14-5-9(11,12)13/h1,4,14H,3,5H2. The number of halogens is 4. The fourth-order valence-electron chi connectivity index (χ4n) is 0.983. The minimum Gasteiger partial charge on any atom is -0.374 e. The molecule has 0 saturated heterocycles. The van der Waals surface area contributed by atoms with E-state index in [9.17, 15) is 18.0 Å². The highest BCUT2D eigenvalue weighted by atomic mass is 79.9. The van der Waals surface area contributed by atoms with Crippen molar-refractivity contribution < 1.29 is 13.2 Å². The third-order valence-corrected chi connectivity index (χ3v) is 2.47. The van der Waals surface area contributed by atoms with E-state index in [1.54, 1.807) is 0 Å². The number of terminal acetylenes is 1. The lowest BCUT2D eigenvalue weighted by Gasteiger charge is -2.11. The molecular weight excluding hydrogens is 303 g/mol. The average molecular weight is 310 g/mol. The Morgan fingerprint density at radius 3 is 2.76 bits per heavy atom. The second-order valence-electron chi connectivity index (χ2n) is 3.01. The van der Waals surface area contributed by atoms with Gasteiger partial charge in [-0.05, 0) is 15.9 Å². The highest BCUT2D eigenvalue weighted by molar-refractivity contribution is 9.10. The van der Waals surface area contributed by atoms with E-state index in [4.69, 9.17) is 6.42 Å². The maximum atomic E-state index is 12.0. The van der Waals surface area contributed by atoms with Crippen molar-refractivity contribution in [3.8, 4) is 12.3 Å². The van der Waals surface area contributed by atoms with Gasteiger partial charge in [0.2, 0.25) is 0 Å². The zero-order chi connectivity index (χ0) is 13.1. The zero-order valence-electron chi connectivity index (χ0n) is 8.38. The smallest absolute Gasteiger partial charge is 0.374 e. The fraction of sp³-hybridized carbons (Fsp3) is 0.333. The van der Waals surface area contributed by atoms with Gasteiger partial charge >= 0.3 is 6.18 Å². The first-order valence-corrected chi connectivity index (χ1v) is 5.14. The molecule has 1 rings (SSSR count). The van der Waals surface area contributed by atoms with E-state index in [-0.39, 0.29) is 16.7 Å². The van der Waals surface area contributed by atoms with E-state index in [1.165, 1.54) is 0 Å². The van der Waals surface area contributed by atoms with Crippen molar-refractivity contribution in [1.82, 2.24) is 9.78 Å². The molecule has 1 N–H and O–H groups in total. The SMILES string of the molecule is C#CCn1ncc(NCC(F)(F)F)c(Br)c1=O. The van der Waals surface area contributed by atoms with Crippen molar-refractivity contribution in [3.63, 3.8) is 0 Å². The van der Waals surface area contributed by atoms with Crippen LogP contribution in [0.4, 0.5) is 18.9 Å². The van der Waals surface area contributed by atoms with Crippen LogP contribution in [0.1, 0.15) is 0 Å². The van der Waals surface area contributed by atoms with Crippen LogP contribution in [0.2, 0.25) is 0 Å². The maximum Gasteiger partial charge on any atom is 0.405 e. The molecule has 0 atom stereocenters. The van der Waals surface area contributed by atoms with Crippen LogP contribution in [0.15, 0.2) is 15.5 Å². The Bertz CT molecular complexity index is 504. The number of alkyl halides is 3. The Hall–Kier alpha value is -1.49. The molecule has 0 unspecified atom stereocenters.